The van der Waals surface area contributed by atoms with Crippen LogP contribution in [0.1, 0.15) is 27.2 Å². The van der Waals surface area contributed by atoms with E-state index >= 15 is 0 Å². The van der Waals surface area contributed by atoms with E-state index in [0.717, 1.165) is 36.5 Å². The molecule has 3 heterocycles. The Hall–Kier alpha value is -2.93. The van der Waals surface area contributed by atoms with E-state index < -0.39 is 0 Å². The number of nitrogens with one attached hydrogen (secondary N) is 1. The zero-order valence-corrected chi connectivity index (χ0v) is 17.4. The van der Waals surface area contributed by atoms with Crippen molar-refractivity contribution in [2.45, 2.75) is 38.8 Å². The number of anilines is 1. The Labute approximate surface area is 171 Å². The topological polar surface area (TPSA) is 79.1 Å². The molecule has 1 aliphatic heterocycles. The van der Waals surface area contributed by atoms with Crippen LogP contribution in [0, 0.1) is 0 Å². The van der Waals surface area contributed by atoms with Crippen molar-refractivity contribution in [3.8, 4) is 28.1 Å². The second-order valence-corrected chi connectivity index (χ2v) is 8.72. The molecule has 1 fully saturated rings. The molecule has 0 spiro atoms. The highest BCUT2D eigenvalue weighted by Crippen LogP contribution is 2.32. The Morgan fingerprint density at radius 3 is 2.55 bits per heavy atom. The molecule has 2 N–H and O–H groups in total. The number of nitrogens with zero attached hydrogens (tertiary/aromatic N) is 5. The smallest absolute Gasteiger partial charge is 0.147 e. The van der Waals surface area contributed by atoms with Crippen LogP contribution in [0.2, 0.25) is 0 Å². The maximum atomic E-state index is 10.5. The highest BCUT2D eigenvalue weighted by atomic mass is 16.3. The van der Waals surface area contributed by atoms with Gasteiger partial charge in [-0.25, -0.2) is 4.98 Å². The van der Waals surface area contributed by atoms with Crippen molar-refractivity contribution in [1.82, 2.24) is 25.1 Å². The number of phenolic OH excluding ortho intramolecular Hbond substituents is 1. The molecule has 152 valence electrons. The van der Waals surface area contributed by atoms with Crippen LogP contribution in [0.5, 0.6) is 5.75 Å². The number of aromatic nitrogens is 4. The van der Waals surface area contributed by atoms with Gasteiger partial charge in [0, 0.05) is 49.0 Å². The van der Waals surface area contributed by atoms with E-state index in [0.29, 0.717) is 17.3 Å². The van der Waals surface area contributed by atoms with Gasteiger partial charge in [0.1, 0.15) is 11.6 Å². The third-order valence-electron chi connectivity index (χ3n) is 5.10. The second kappa shape index (κ2) is 7.48. The van der Waals surface area contributed by atoms with Gasteiger partial charge in [0.25, 0.3) is 0 Å². The molecule has 1 aromatic carbocycles. The van der Waals surface area contributed by atoms with Crippen LogP contribution in [0.4, 0.5) is 5.82 Å². The van der Waals surface area contributed by atoms with Crippen molar-refractivity contribution >= 4 is 5.82 Å². The molecule has 0 aliphatic carbocycles. The fourth-order valence-electron chi connectivity index (χ4n) is 3.82. The predicted molar refractivity (Wildman–Crippen MR) is 115 cm³/mol. The summed E-state index contributed by atoms with van der Waals surface area (Å²) < 4.78 is 1.74. The number of hydrogen-bond donors (Lipinski definition) is 2. The molecular formula is C22H28N6O. The van der Waals surface area contributed by atoms with Crippen LogP contribution in [-0.2, 0) is 7.05 Å². The number of phenols is 1. The molecular weight excluding hydrogens is 364 g/mol. The summed E-state index contributed by atoms with van der Waals surface area (Å²) in [6.07, 6.45) is 8.32. The summed E-state index contributed by atoms with van der Waals surface area (Å²) in [5.74, 6) is 1.06. The average molecular weight is 393 g/mol. The monoisotopic (exact) mass is 392 g/mol. The van der Waals surface area contributed by atoms with E-state index in [1.807, 2.05) is 25.4 Å². The molecule has 0 saturated carbocycles. The summed E-state index contributed by atoms with van der Waals surface area (Å²) in [5.41, 5.74) is 3.31. The first-order valence-electron chi connectivity index (χ1n) is 9.95. The van der Waals surface area contributed by atoms with Gasteiger partial charge in [-0.3, -0.25) is 9.67 Å². The third kappa shape index (κ3) is 4.40. The van der Waals surface area contributed by atoms with Gasteiger partial charge in [0.05, 0.1) is 24.3 Å². The van der Waals surface area contributed by atoms with E-state index in [-0.39, 0.29) is 11.3 Å². The van der Waals surface area contributed by atoms with Crippen LogP contribution >= 0.6 is 0 Å². The van der Waals surface area contributed by atoms with Gasteiger partial charge in [0.2, 0.25) is 0 Å². The highest BCUT2D eigenvalue weighted by Gasteiger charge is 2.26. The normalized spacial score (nSPS) is 17.1. The van der Waals surface area contributed by atoms with Gasteiger partial charge in [0.15, 0.2) is 0 Å². The first kappa shape index (κ1) is 19.4. The summed E-state index contributed by atoms with van der Waals surface area (Å²) in [6.45, 7) is 8.46. The molecule has 1 unspecified atom stereocenters. The molecule has 4 rings (SSSR count). The van der Waals surface area contributed by atoms with Crippen molar-refractivity contribution < 1.29 is 5.11 Å². The van der Waals surface area contributed by atoms with Gasteiger partial charge in [-0.1, -0.05) is 6.07 Å². The van der Waals surface area contributed by atoms with Gasteiger partial charge in [-0.15, -0.1) is 0 Å². The highest BCUT2D eigenvalue weighted by molar-refractivity contribution is 5.73. The minimum atomic E-state index is 0.107. The minimum Gasteiger partial charge on any atom is -0.507 e. The number of rotatable bonds is 4. The SMILES string of the molecule is Cn1cc(-c2ccc(-c3cnc(N4CCC(NC(C)(C)C)C4)cn3)c(O)c2)cn1. The molecule has 7 nitrogen and oxygen atoms in total. The van der Waals surface area contributed by atoms with E-state index in [9.17, 15) is 5.11 Å². The Balaban J connectivity index is 1.48. The van der Waals surface area contributed by atoms with Crippen LogP contribution in [0.3, 0.4) is 0 Å². The summed E-state index contributed by atoms with van der Waals surface area (Å²) in [6, 6.07) is 6.04. The lowest BCUT2D eigenvalue weighted by Crippen LogP contribution is -2.44. The first-order chi connectivity index (χ1) is 13.8. The van der Waals surface area contributed by atoms with Crippen molar-refractivity contribution in [2.75, 3.05) is 18.0 Å². The van der Waals surface area contributed by atoms with Gasteiger partial charge >= 0.3 is 0 Å². The Kier molecular flexibility index (Phi) is 5.00. The largest absolute Gasteiger partial charge is 0.507 e. The van der Waals surface area contributed by atoms with Gasteiger partial charge in [-0.05, 0) is 44.9 Å². The van der Waals surface area contributed by atoms with E-state index in [1.165, 1.54) is 0 Å². The maximum Gasteiger partial charge on any atom is 0.147 e. The van der Waals surface area contributed by atoms with Crippen molar-refractivity contribution in [1.29, 1.82) is 0 Å². The van der Waals surface area contributed by atoms with Gasteiger partial charge in [-0.2, -0.15) is 5.10 Å². The number of benzene rings is 1. The number of aryl methyl sites for hydroxylation is 1. The van der Waals surface area contributed by atoms with Crippen LogP contribution in [0.25, 0.3) is 22.4 Å². The lowest BCUT2D eigenvalue weighted by atomic mass is 10.0. The molecule has 1 aliphatic rings. The Morgan fingerprint density at radius 2 is 1.93 bits per heavy atom. The molecule has 3 aromatic rings. The standard InChI is InChI=1S/C22H28N6O/c1-22(2,3)26-17-7-8-28(14-17)21-12-23-19(11-24-21)18-6-5-15(9-20(18)29)16-10-25-27(4)13-16/h5-6,9-13,17,26,29H,7-8,14H2,1-4H3. The zero-order chi connectivity index (χ0) is 20.6. The van der Waals surface area contributed by atoms with E-state index in [2.05, 4.69) is 46.1 Å². The second-order valence-electron chi connectivity index (χ2n) is 8.72. The predicted octanol–water partition coefficient (Wildman–Crippen LogP) is 3.22. The lowest BCUT2D eigenvalue weighted by molar-refractivity contribution is 0.373. The van der Waals surface area contributed by atoms with Crippen molar-refractivity contribution in [2.24, 2.45) is 7.05 Å². The molecule has 0 bridgehead atoms. The summed E-state index contributed by atoms with van der Waals surface area (Å²) in [7, 11) is 1.87. The molecule has 0 radical (unpaired) electrons. The fourth-order valence-corrected chi connectivity index (χ4v) is 3.82. The summed E-state index contributed by atoms with van der Waals surface area (Å²) in [4.78, 5) is 11.4. The molecule has 7 heteroatoms. The van der Waals surface area contributed by atoms with E-state index in [1.54, 1.807) is 29.3 Å². The average Bonchev–Trinajstić information content (AvgIpc) is 3.30. The summed E-state index contributed by atoms with van der Waals surface area (Å²) in [5, 5.41) is 18.4. The quantitative estimate of drug-likeness (QED) is 0.710. The molecule has 1 saturated heterocycles. The number of hydrogen-bond acceptors (Lipinski definition) is 6. The molecule has 29 heavy (non-hydrogen) atoms. The molecule has 0 amide bonds. The third-order valence-corrected chi connectivity index (χ3v) is 5.10. The Bertz CT molecular complexity index is 989. The minimum absolute atomic E-state index is 0.107. The van der Waals surface area contributed by atoms with E-state index in [4.69, 9.17) is 0 Å². The maximum absolute atomic E-state index is 10.5. The summed E-state index contributed by atoms with van der Waals surface area (Å²) >= 11 is 0. The molecule has 1 atom stereocenters. The lowest BCUT2D eigenvalue weighted by Gasteiger charge is -2.26. The van der Waals surface area contributed by atoms with Crippen molar-refractivity contribution in [3.63, 3.8) is 0 Å². The van der Waals surface area contributed by atoms with Gasteiger partial charge < -0.3 is 15.3 Å². The first-order valence-corrected chi connectivity index (χ1v) is 9.95. The van der Waals surface area contributed by atoms with Crippen LogP contribution in [-0.4, -0.2) is 49.5 Å². The zero-order valence-electron chi connectivity index (χ0n) is 17.4. The van der Waals surface area contributed by atoms with Crippen molar-refractivity contribution in [3.05, 3.63) is 43.0 Å². The Morgan fingerprint density at radius 1 is 1.10 bits per heavy atom. The fraction of sp³-hybridized carbons (Fsp3) is 0.409. The molecule has 2 aromatic heterocycles. The van der Waals surface area contributed by atoms with Crippen LogP contribution < -0.4 is 10.2 Å². The number of aromatic hydroxyl groups is 1. The van der Waals surface area contributed by atoms with Crippen LogP contribution in [0.15, 0.2) is 43.0 Å².